The molecule has 0 saturated carbocycles. The fourth-order valence-electron chi connectivity index (χ4n) is 2.45. The van der Waals surface area contributed by atoms with E-state index in [0.29, 0.717) is 11.7 Å². The van der Waals surface area contributed by atoms with Crippen molar-refractivity contribution in [2.75, 3.05) is 0 Å². The first kappa shape index (κ1) is 10.4. The monoisotopic (exact) mass is 202 g/mol. The molecule has 0 aliphatic heterocycles. The molecule has 0 bridgehead atoms. The van der Waals surface area contributed by atoms with E-state index in [2.05, 4.69) is 32.9 Å². The summed E-state index contributed by atoms with van der Waals surface area (Å²) in [6, 6.07) is 4.27. The molecule has 2 rings (SSSR count). The summed E-state index contributed by atoms with van der Waals surface area (Å²) in [5, 5.41) is 0. The number of hydrogen-bond acceptors (Lipinski definition) is 1. The van der Waals surface area contributed by atoms with E-state index in [1.807, 2.05) is 6.92 Å². The number of hydrogen-bond donors (Lipinski definition) is 0. The Morgan fingerprint density at radius 1 is 1.33 bits per heavy atom. The van der Waals surface area contributed by atoms with Gasteiger partial charge in [-0.2, -0.15) is 0 Å². The van der Waals surface area contributed by atoms with Gasteiger partial charge in [0.15, 0.2) is 5.78 Å². The van der Waals surface area contributed by atoms with Crippen molar-refractivity contribution in [1.82, 2.24) is 0 Å². The highest BCUT2D eigenvalue weighted by molar-refractivity contribution is 6.03. The van der Waals surface area contributed by atoms with Crippen molar-refractivity contribution in [3.63, 3.8) is 0 Å². The number of carbonyl (C=O) groups excluding carboxylic acids is 1. The van der Waals surface area contributed by atoms with Gasteiger partial charge in [0.1, 0.15) is 0 Å². The van der Waals surface area contributed by atoms with Crippen LogP contribution in [-0.2, 0) is 6.42 Å². The van der Waals surface area contributed by atoms with Crippen molar-refractivity contribution in [3.05, 3.63) is 34.4 Å². The summed E-state index contributed by atoms with van der Waals surface area (Å²) in [7, 11) is 0. The van der Waals surface area contributed by atoms with Crippen molar-refractivity contribution in [2.24, 2.45) is 5.92 Å². The molecule has 15 heavy (non-hydrogen) atoms. The lowest BCUT2D eigenvalue weighted by Crippen LogP contribution is -2.06. The zero-order valence-corrected chi connectivity index (χ0v) is 9.92. The molecule has 0 heterocycles. The molecule has 1 aromatic carbocycles. The Balaban J connectivity index is 2.66. The molecule has 0 aromatic heterocycles. The minimum absolute atomic E-state index is 0.179. The summed E-state index contributed by atoms with van der Waals surface area (Å²) in [4.78, 5) is 12.1. The molecular formula is C14H18O. The third-order valence-corrected chi connectivity index (χ3v) is 3.41. The van der Waals surface area contributed by atoms with Crippen LogP contribution in [0, 0.1) is 12.8 Å². The minimum Gasteiger partial charge on any atom is -0.294 e. The average molecular weight is 202 g/mol. The first-order valence-corrected chi connectivity index (χ1v) is 5.69. The van der Waals surface area contributed by atoms with Gasteiger partial charge in [-0.05, 0) is 36.0 Å². The highest BCUT2D eigenvalue weighted by Gasteiger charge is 2.30. The molecule has 1 unspecified atom stereocenters. The number of Topliss-reactive ketones (excluding diaryl/α,β-unsaturated/α-hetero) is 1. The fraction of sp³-hybridized carbons (Fsp3) is 0.500. The van der Waals surface area contributed by atoms with Crippen LogP contribution in [0.4, 0.5) is 0 Å². The van der Waals surface area contributed by atoms with Crippen LogP contribution in [0.2, 0.25) is 0 Å². The molecule has 1 aliphatic carbocycles. The van der Waals surface area contributed by atoms with Gasteiger partial charge in [-0.1, -0.05) is 32.9 Å². The summed E-state index contributed by atoms with van der Waals surface area (Å²) in [5.41, 5.74) is 4.81. The second-order valence-electron chi connectivity index (χ2n) is 4.95. The first-order chi connectivity index (χ1) is 7.02. The molecule has 0 fully saturated rings. The largest absolute Gasteiger partial charge is 0.294 e. The maximum absolute atomic E-state index is 12.1. The molecule has 0 amide bonds. The summed E-state index contributed by atoms with van der Waals surface area (Å²) >= 11 is 0. The molecule has 0 radical (unpaired) electrons. The Hall–Kier alpha value is -1.11. The van der Waals surface area contributed by atoms with Gasteiger partial charge in [0, 0.05) is 11.5 Å². The zero-order valence-electron chi connectivity index (χ0n) is 9.92. The van der Waals surface area contributed by atoms with Gasteiger partial charge < -0.3 is 0 Å². The lowest BCUT2D eigenvalue weighted by atomic mass is 9.92. The van der Waals surface area contributed by atoms with Gasteiger partial charge in [-0.3, -0.25) is 4.79 Å². The summed E-state index contributed by atoms with van der Waals surface area (Å²) in [6.45, 7) is 8.45. The topological polar surface area (TPSA) is 17.1 Å². The van der Waals surface area contributed by atoms with Crippen LogP contribution in [0.15, 0.2) is 12.1 Å². The van der Waals surface area contributed by atoms with Crippen LogP contribution in [0.3, 0.4) is 0 Å². The fourth-order valence-corrected chi connectivity index (χ4v) is 2.45. The molecule has 1 heteroatoms. The molecule has 0 N–H and O–H groups in total. The van der Waals surface area contributed by atoms with E-state index in [-0.39, 0.29) is 5.92 Å². The summed E-state index contributed by atoms with van der Waals surface area (Å²) in [6.07, 6.45) is 0.931. The highest BCUT2D eigenvalue weighted by Crippen LogP contribution is 2.34. The van der Waals surface area contributed by atoms with Gasteiger partial charge >= 0.3 is 0 Å². The molecular weight excluding hydrogens is 184 g/mol. The van der Waals surface area contributed by atoms with Gasteiger partial charge in [-0.15, -0.1) is 0 Å². The maximum Gasteiger partial charge on any atom is 0.166 e. The lowest BCUT2D eigenvalue weighted by molar-refractivity contribution is 0.0945. The smallest absolute Gasteiger partial charge is 0.166 e. The summed E-state index contributed by atoms with van der Waals surface area (Å²) in [5.74, 6) is 0.963. The number of fused-ring (bicyclic) bond motifs is 1. The van der Waals surface area contributed by atoms with Crippen molar-refractivity contribution in [3.8, 4) is 0 Å². The van der Waals surface area contributed by atoms with Crippen LogP contribution in [0.1, 0.15) is 53.7 Å². The van der Waals surface area contributed by atoms with Crippen molar-refractivity contribution < 1.29 is 4.79 Å². The van der Waals surface area contributed by atoms with Gasteiger partial charge in [0.2, 0.25) is 0 Å². The average Bonchev–Trinajstić information content (AvgIpc) is 2.46. The molecule has 0 saturated heterocycles. The van der Waals surface area contributed by atoms with Crippen LogP contribution in [0.5, 0.6) is 0 Å². The van der Waals surface area contributed by atoms with E-state index in [1.165, 1.54) is 16.7 Å². The van der Waals surface area contributed by atoms with E-state index in [1.54, 1.807) is 0 Å². The highest BCUT2D eigenvalue weighted by atomic mass is 16.1. The molecule has 1 nitrogen and oxygen atoms in total. The quantitative estimate of drug-likeness (QED) is 0.681. The summed E-state index contributed by atoms with van der Waals surface area (Å²) < 4.78 is 0. The second-order valence-corrected chi connectivity index (χ2v) is 4.95. The molecule has 80 valence electrons. The van der Waals surface area contributed by atoms with Crippen LogP contribution in [-0.4, -0.2) is 5.78 Å². The number of benzene rings is 1. The van der Waals surface area contributed by atoms with E-state index in [4.69, 9.17) is 0 Å². The molecule has 1 atom stereocenters. The Labute approximate surface area is 91.5 Å². The van der Waals surface area contributed by atoms with Gasteiger partial charge in [-0.25, -0.2) is 0 Å². The van der Waals surface area contributed by atoms with Crippen LogP contribution in [0.25, 0.3) is 0 Å². The van der Waals surface area contributed by atoms with Crippen molar-refractivity contribution in [1.29, 1.82) is 0 Å². The van der Waals surface area contributed by atoms with Gasteiger partial charge in [0.25, 0.3) is 0 Å². The van der Waals surface area contributed by atoms with Gasteiger partial charge in [0.05, 0.1) is 0 Å². The second kappa shape index (κ2) is 3.48. The minimum atomic E-state index is 0.179. The van der Waals surface area contributed by atoms with Crippen molar-refractivity contribution >= 4 is 5.78 Å². The zero-order chi connectivity index (χ0) is 11.2. The molecule has 0 spiro atoms. The normalized spacial score (nSPS) is 19.8. The SMILES string of the molecule is Cc1ccc(C(C)C)c2c1CC(C)C2=O. The third kappa shape index (κ3) is 1.50. The standard InChI is InChI=1S/C14H18O/c1-8(2)11-6-5-9(3)12-7-10(4)14(15)13(11)12/h5-6,8,10H,7H2,1-4H3. The van der Waals surface area contributed by atoms with E-state index < -0.39 is 0 Å². The molecule has 1 aliphatic rings. The first-order valence-electron chi connectivity index (χ1n) is 5.69. The Morgan fingerprint density at radius 2 is 2.00 bits per heavy atom. The van der Waals surface area contributed by atoms with Crippen LogP contribution >= 0.6 is 0 Å². The third-order valence-electron chi connectivity index (χ3n) is 3.41. The lowest BCUT2D eigenvalue weighted by Gasteiger charge is -2.12. The number of ketones is 1. The Bertz CT molecular complexity index is 416. The van der Waals surface area contributed by atoms with E-state index >= 15 is 0 Å². The predicted octanol–water partition coefficient (Wildman–Crippen LogP) is 3.49. The predicted molar refractivity (Wildman–Crippen MR) is 62.5 cm³/mol. The Kier molecular flexibility index (Phi) is 2.41. The van der Waals surface area contributed by atoms with Crippen molar-refractivity contribution in [2.45, 2.75) is 40.0 Å². The maximum atomic E-state index is 12.1. The van der Waals surface area contributed by atoms with Crippen LogP contribution < -0.4 is 0 Å². The Morgan fingerprint density at radius 3 is 2.60 bits per heavy atom. The number of carbonyl (C=O) groups is 1. The number of rotatable bonds is 1. The van der Waals surface area contributed by atoms with E-state index in [9.17, 15) is 4.79 Å². The molecule has 1 aromatic rings. The van der Waals surface area contributed by atoms with E-state index in [0.717, 1.165) is 12.0 Å². The number of aryl methyl sites for hydroxylation is 1.